The van der Waals surface area contributed by atoms with E-state index in [9.17, 15) is 4.79 Å². The Kier molecular flexibility index (Phi) is 4.10. The minimum absolute atomic E-state index is 0.181. The van der Waals surface area contributed by atoms with Gasteiger partial charge in [0.1, 0.15) is 12.0 Å². The molecule has 0 aromatic heterocycles. The molecule has 0 fully saturated rings. The Bertz CT molecular complexity index is 521. The van der Waals surface area contributed by atoms with Crippen molar-refractivity contribution in [3.8, 4) is 16.9 Å². The van der Waals surface area contributed by atoms with Gasteiger partial charge in [0.15, 0.2) is 6.79 Å². The average molecular weight is 242 g/mol. The number of aldehydes is 1. The van der Waals surface area contributed by atoms with E-state index in [0.29, 0.717) is 11.3 Å². The fourth-order valence-electron chi connectivity index (χ4n) is 1.71. The van der Waals surface area contributed by atoms with Crippen LogP contribution in [0.1, 0.15) is 10.4 Å². The molecule has 3 nitrogen and oxygen atoms in total. The maximum atomic E-state index is 10.8. The lowest BCUT2D eigenvalue weighted by molar-refractivity contribution is 0.0515. The predicted molar refractivity (Wildman–Crippen MR) is 69.8 cm³/mol. The van der Waals surface area contributed by atoms with Crippen LogP contribution in [0, 0.1) is 0 Å². The summed E-state index contributed by atoms with van der Waals surface area (Å²) in [5.74, 6) is 0.702. The first kappa shape index (κ1) is 12.3. The molecule has 2 rings (SSSR count). The lowest BCUT2D eigenvalue weighted by atomic mass is 10.0. The second kappa shape index (κ2) is 5.98. The van der Waals surface area contributed by atoms with Crippen LogP contribution in [0.15, 0.2) is 48.5 Å². The van der Waals surface area contributed by atoms with E-state index in [1.165, 1.54) is 0 Å². The van der Waals surface area contributed by atoms with E-state index >= 15 is 0 Å². The smallest absolute Gasteiger partial charge is 0.188 e. The molecule has 18 heavy (non-hydrogen) atoms. The molecule has 92 valence electrons. The molecule has 0 aliphatic carbocycles. The Labute approximate surface area is 106 Å². The minimum atomic E-state index is 0.181. The maximum Gasteiger partial charge on any atom is 0.188 e. The summed E-state index contributed by atoms with van der Waals surface area (Å²) in [5.41, 5.74) is 2.52. The van der Waals surface area contributed by atoms with Crippen molar-refractivity contribution in [2.45, 2.75) is 0 Å². The highest BCUT2D eigenvalue weighted by Crippen LogP contribution is 2.30. The summed E-state index contributed by atoms with van der Waals surface area (Å²) >= 11 is 0. The molecule has 0 spiro atoms. The van der Waals surface area contributed by atoms with Gasteiger partial charge in [0.25, 0.3) is 0 Å². The van der Waals surface area contributed by atoms with Crippen LogP contribution in [0.25, 0.3) is 11.1 Å². The van der Waals surface area contributed by atoms with Gasteiger partial charge in [-0.05, 0) is 23.8 Å². The molecule has 0 saturated carbocycles. The van der Waals surface area contributed by atoms with Crippen molar-refractivity contribution in [3.05, 3.63) is 54.1 Å². The molecule has 2 aromatic carbocycles. The predicted octanol–water partition coefficient (Wildman–Crippen LogP) is 3.15. The molecule has 0 saturated heterocycles. The van der Waals surface area contributed by atoms with Crippen LogP contribution in [0.3, 0.4) is 0 Å². The van der Waals surface area contributed by atoms with Gasteiger partial charge < -0.3 is 9.47 Å². The van der Waals surface area contributed by atoms with Crippen LogP contribution in [0.2, 0.25) is 0 Å². The van der Waals surface area contributed by atoms with Crippen molar-refractivity contribution < 1.29 is 14.3 Å². The molecule has 0 heterocycles. The summed E-state index contributed by atoms with van der Waals surface area (Å²) in [6.45, 7) is 0.181. The number of benzene rings is 2. The minimum Gasteiger partial charge on any atom is -0.467 e. The lowest BCUT2D eigenvalue weighted by Crippen LogP contribution is -2.00. The molecule has 0 bridgehead atoms. The molecule has 3 heteroatoms. The first-order chi connectivity index (χ1) is 8.85. The number of carbonyl (C=O) groups excluding carboxylic acids is 1. The highest BCUT2D eigenvalue weighted by atomic mass is 16.7. The molecule has 0 unspecified atom stereocenters. The highest BCUT2D eigenvalue weighted by Gasteiger charge is 2.07. The summed E-state index contributed by atoms with van der Waals surface area (Å²) in [7, 11) is 1.57. The summed E-state index contributed by atoms with van der Waals surface area (Å²) in [6, 6.07) is 15.1. The van der Waals surface area contributed by atoms with E-state index in [0.717, 1.165) is 17.4 Å². The zero-order valence-corrected chi connectivity index (χ0v) is 10.1. The second-order valence-corrected chi connectivity index (χ2v) is 3.79. The topological polar surface area (TPSA) is 35.5 Å². The van der Waals surface area contributed by atoms with Gasteiger partial charge in [-0.3, -0.25) is 4.79 Å². The van der Waals surface area contributed by atoms with Gasteiger partial charge in [-0.15, -0.1) is 0 Å². The summed E-state index contributed by atoms with van der Waals surface area (Å²) in [5, 5.41) is 0. The SMILES string of the molecule is COCOc1ccc(C=O)cc1-c1ccccc1. The zero-order chi connectivity index (χ0) is 12.8. The summed E-state index contributed by atoms with van der Waals surface area (Å²) in [6.07, 6.45) is 0.826. The van der Waals surface area contributed by atoms with Crippen LogP contribution >= 0.6 is 0 Å². The number of rotatable bonds is 5. The van der Waals surface area contributed by atoms with E-state index in [4.69, 9.17) is 9.47 Å². The fraction of sp³-hybridized carbons (Fsp3) is 0.133. The molecule has 0 aliphatic heterocycles. The van der Waals surface area contributed by atoms with Gasteiger partial charge in [-0.2, -0.15) is 0 Å². The van der Waals surface area contributed by atoms with Crippen LogP contribution < -0.4 is 4.74 Å². The number of ether oxygens (including phenoxy) is 2. The van der Waals surface area contributed by atoms with Crippen LogP contribution in [0.4, 0.5) is 0 Å². The highest BCUT2D eigenvalue weighted by molar-refractivity contribution is 5.81. The molecular formula is C15H14O3. The van der Waals surface area contributed by atoms with Crippen LogP contribution in [-0.2, 0) is 4.74 Å². The average Bonchev–Trinajstić information content (AvgIpc) is 2.46. The lowest BCUT2D eigenvalue weighted by Gasteiger charge is -2.11. The Morgan fingerprint density at radius 2 is 1.89 bits per heavy atom. The summed E-state index contributed by atoms with van der Waals surface area (Å²) < 4.78 is 10.4. The first-order valence-electron chi connectivity index (χ1n) is 5.61. The Morgan fingerprint density at radius 1 is 1.11 bits per heavy atom. The van der Waals surface area contributed by atoms with Crippen molar-refractivity contribution in [2.24, 2.45) is 0 Å². The second-order valence-electron chi connectivity index (χ2n) is 3.79. The van der Waals surface area contributed by atoms with Gasteiger partial charge in [-0.1, -0.05) is 30.3 Å². The van der Waals surface area contributed by atoms with Crippen LogP contribution in [-0.4, -0.2) is 20.2 Å². The molecule has 0 atom stereocenters. The van der Waals surface area contributed by atoms with Crippen LogP contribution in [0.5, 0.6) is 5.75 Å². The molecule has 0 amide bonds. The van der Waals surface area contributed by atoms with Gasteiger partial charge in [0.05, 0.1) is 0 Å². The number of hydrogen-bond donors (Lipinski definition) is 0. The van der Waals surface area contributed by atoms with E-state index in [1.54, 1.807) is 19.2 Å². The quantitative estimate of drug-likeness (QED) is 0.597. The maximum absolute atomic E-state index is 10.8. The van der Waals surface area contributed by atoms with Gasteiger partial charge in [-0.25, -0.2) is 0 Å². The normalized spacial score (nSPS) is 10.1. The number of carbonyl (C=O) groups is 1. The third-order valence-corrected chi connectivity index (χ3v) is 2.56. The van der Waals surface area contributed by atoms with Gasteiger partial charge in [0, 0.05) is 18.2 Å². The Balaban J connectivity index is 2.44. The van der Waals surface area contributed by atoms with Crippen molar-refractivity contribution in [1.29, 1.82) is 0 Å². The number of methoxy groups -OCH3 is 1. The van der Waals surface area contributed by atoms with E-state index in [2.05, 4.69) is 0 Å². The zero-order valence-electron chi connectivity index (χ0n) is 10.1. The molecular weight excluding hydrogens is 228 g/mol. The van der Waals surface area contributed by atoms with E-state index in [1.807, 2.05) is 36.4 Å². The monoisotopic (exact) mass is 242 g/mol. The van der Waals surface area contributed by atoms with Gasteiger partial charge >= 0.3 is 0 Å². The van der Waals surface area contributed by atoms with Crippen molar-refractivity contribution in [3.63, 3.8) is 0 Å². The van der Waals surface area contributed by atoms with E-state index in [-0.39, 0.29) is 6.79 Å². The molecule has 0 aliphatic rings. The Hall–Kier alpha value is -2.13. The standard InChI is InChI=1S/C15H14O3/c1-17-11-18-15-8-7-12(10-16)9-14(15)13-5-3-2-4-6-13/h2-10H,11H2,1H3. The van der Waals surface area contributed by atoms with Crippen molar-refractivity contribution in [2.75, 3.05) is 13.9 Å². The van der Waals surface area contributed by atoms with E-state index < -0.39 is 0 Å². The third-order valence-electron chi connectivity index (χ3n) is 2.56. The Morgan fingerprint density at radius 3 is 2.56 bits per heavy atom. The van der Waals surface area contributed by atoms with Crippen molar-refractivity contribution >= 4 is 6.29 Å². The molecule has 0 radical (unpaired) electrons. The largest absolute Gasteiger partial charge is 0.467 e. The van der Waals surface area contributed by atoms with Crippen molar-refractivity contribution in [1.82, 2.24) is 0 Å². The molecule has 0 N–H and O–H groups in total. The third kappa shape index (κ3) is 2.76. The fourth-order valence-corrected chi connectivity index (χ4v) is 1.71. The van der Waals surface area contributed by atoms with Gasteiger partial charge in [0.2, 0.25) is 0 Å². The summed E-state index contributed by atoms with van der Waals surface area (Å²) in [4.78, 5) is 10.8. The molecule has 2 aromatic rings. The first-order valence-corrected chi connectivity index (χ1v) is 5.61. The number of hydrogen-bond acceptors (Lipinski definition) is 3.